The molecule has 5 aromatic rings. The second-order valence-electron chi connectivity index (χ2n) is 7.20. The van der Waals surface area contributed by atoms with Crippen molar-refractivity contribution in [2.45, 2.75) is 0 Å². The highest BCUT2D eigenvalue weighted by molar-refractivity contribution is 5.95. The minimum atomic E-state index is -0.210. The van der Waals surface area contributed by atoms with E-state index in [-0.39, 0.29) is 17.1 Å². The number of benzene rings is 4. The molecular formula is C26H18N2O3. The van der Waals surface area contributed by atoms with Crippen LogP contribution < -0.4 is 5.56 Å². The highest BCUT2D eigenvalue weighted by Gasteiger charge is 2.12. The molecule has 4 aromatic carbocycles. The summed E-state index contributed by atoms with van der Waals surface area (Å²) in [6, 6.07) is 24.9. The molecule has 5 heteroatoms. The van der Waals surface area contributed by atoms with Gasteiger partial charge in [0.25, 0.3) is 5.56 Å². The van der Waals surface area contributed by atoms with E-state index >= 15 is 0 Å². The van der Waals surface area contributed by atoms with Gasteiger partial charge in [0.05, 0.1) is 16.6 Å². The van der Waals surface area contributed by atoms with Gasteiger partial charge in [-0.3, -0.25) is 9.36 Å². The van der Waals surface area contributed by atoms with Crippen molar-refractivity contribution in [3.8, 4) is 17.2 Å². The number of fused-ring (bicyclic) bond motifs is 2. The van der Waals surface area contributed by atoms with E-state index < -0.39 is 0 Å². The van der Waals surface area contributed by atoms with Crippen LogP contribution in [0.25, 0.3) is 39.5 Å². The number of phenolic OH excluding ortho intramolecular Hbond substituents is 2. The fourth-order valence-electron chi connectivity index (χ4n) is 3.73. The quantitative estimate of drug-likeness (QED) is 0.436. The van der Waals surface area contributed by atoms with E-state index in [2.05, 4.69) is 0 Å². The van der Waals surface area contributed by atoms with Crippen LogP contribution in [0.3, 0.4) is 0 Å². The summed E-state index contributed by atoms with van der Waals surface area (Å²) in [6.45, 7) is 0. The van der Waals surface area contributed by atoms with Gasteiger partial charge in [0, 0.05) is 5.56 Å². The van der Waals surface area contributed by atoms with E-state index in [4.69, 9.17) is 4.98 Å². The molecule has 0 aliphatic heterocycles. The molecule has 0 spiro atoms. The molecular weight excluding hydrogens is 388 g/mol. The van der Waals surface area contributed by atoms with Crippen LogP contribution in [0.2, 0.25) is 0 Å². The topological polar surface area (TPSA) is 75.3 Å². The molecule has 0 unspecified atom stereocenters. The summed E-state index contributed by atoms with van der Waals surface area (Å²) in [5, 5.41) is 22.5. The Bertz CT molecular complexity index is 1520. The first-order valence-corrected chi connectivity index (χ1v) is 9.82. The van der Waals surface area contributed by atoms with Gasteiger partial charge in [-0.2, -0.15) is 0 Å². The molecule has 31 heavy (non-hydrogen) atoms. The molecule has 0 saturated heterocycles. The van der Waals surface area contributed by atoms with Crippen LogP contribution in [0, 0.1) is 0 Å². The lowest BCUT2D eigenvalue weighted by molar-refractivity contribution is 0.474. The van der Waals surface area contributed by atoms with E-state index in [1.807, 2.05) is 36.4 Å². The molecule has 1 heterocycles. The zero-order valence-corrected chi connectivity index (χ0v) is 16.4. The second kappa shape index (κ2) is 7.46. The van der Waals surface area contributed by atoms with Crippen molar-refractivity contribution in [2.75, 3.05) is 0 Å². The van der Waals surface area contributed by atoms with Gasteiger partial charge in [0.2, 0.25) is 0 Å². The van der Waals surface area contributed by atoms with E-state index in [0.717, 1.165) is 10.8 Å². The lowest BCUT2D eigenvalue weighted by Crippen LogP contribution is -2.22. The molecule has 2 N–H and O–H groups in total. The van der Waals surface area contributed by atoms with Crippen molar-refractivity contribution in [1.82, 2.24) is 9.55 Å². The Balaban J connectivity index is 1.75. The van der Waals surface area contributed by atoms with Crippen LogP contribution in [0.1, 0.15) is 11.4 Å². The number of hydrogen-bond acceptors (Lipinski definition) is 4. The van der Waals surface area contributed by atoms with E-state index in [1.54, 1.807) is 48.6 Å². The summed E-state index contributed by atoms with van der Waals surface area (Å²) in [5.74, 6) is 0.680. The van der Waals surface area contributed by atoms with Gasteiger partial charge < -0.3 is 10.2 Å². The first kappa shape index (κ1) is 18.6. The normalized spacial score (nSPS) is 11.5. The summed E-state index contributed by atoms with van der Waals surface area (Å²) >= 11 is 0. The Morgan fingerprint density at radius 1 is 0.742 bits per heavy atom. The van der Waals surface area contributed by atoms with Crippen LogP contribution in [0.4, 0.5) is 0 Å². The van der Waals surface area contributed by atoms with Crippen molar-refractivity contribution < 1.29 is 10.2 Å². The van der Waals surface area contributed by atoms with Gasteiger partial charge in [-0.1, -0.05) is 42.5 Å². The predicted octanol–water partition coefficient (Wildman–Crippen LogP) is 5.12. The number of aromatic hydroxyl groups is 2. The number of nitrogens with zero attached hydrogens (tertiary/aromatic N) is 2. The van der Waals surface area contributed by atoms with Crippen molar-refractivity contribution in [1.29, 1.82) is 0 Å². The molecule has 0 aliphatic carbocycles. The lowest BCUT2D eigenvalue weighted by Gasteiger charge is -2.12. The number of phenols is 2. The third-order valence-corrected chi connectivity index (χ3v) is 5.26. The Morgan fingerprint density at radius 2 is 1.45 bits per heavy atom. The monoisotopic (exact) mass is 406 g/mol. The van der Waals surface area contributed by atoms with Crippen LogP contribution in [-0.2, 0) is 0 Å². The molecule has 0 radical (unpaired) electrons. The maximum Gasteiger partial charge on any atom is 0.266 e. The maximum absolute atomic E-state index is 13.3. The average molecular weight is 406 g/mol. The second-order valence-corrected chi connectivity index (χ2v) is 7.20. The highest BCUT2D eigenvalue weighted by atomic mass is 16.3. The largest absolute Gasteiger partial charge is 0.508 e. The first-order valence-electron chi connectivity index (χ1n) is 9.82. The summed E-state index contributed by atoms with van der Waals surface area (Å²) in [4.78, 5) is 18.0. The molecule has 0 saturated carbocycles. The molecule has 0 fully saturated rings. The molecule has 0 bridgehead atoms. The van der Waals surface area contributed by atoms with Gasteiger partial charge in [-0.25, -0.2) is 4.98 Å². The van der Waals surface area contributed by atoms with Crippen molar-refractivity contribution in [2.24, 2.45) is 0 Å². The summed E-state index contributed by atoms with van der Waals surface area (Å²) in [5.41, 5.74) is 1.61. The molecule has 0 aliphatic rings. The van der Waals surface area contributed by atoms with Crippen LogP contribution in [0.5, 0.6) is 11.5 Å². The number of hydrogen-bond donors (Lipinski definition) is 2. The predicted molar refractivity (Wildman–Crippen MR) is 124 cm³/mol. The first-order chi connectivity index (χ1) is 15.1. The average Bonchev–Trinajstić information content (AvgIpc) is 2.79. The minimum absolute atomic E-state index is 0.114. The Hall–Kier alpha value is -4.38. The van der Waals surface area contributed by atoms with Crippen molar-refractivity contribution >= 4 is 33.8 Å². The molecule has 150 valence electrons. The molecule has 1 aromatic heterocycles. The van der Waals surface area contributed by atoms with Gasteiger partial charge >= 0.3 is 0 Å². The van der Waals surface area contributed by atoms with Crippen LogP contribution in [-0.4, -0.2) is 19.8 Å². The molecule has 0 amide bonds. The van der Waals surface area contributed by atoms with Gasteiger partial charge in [0.15, 0.2) is 0 Å². The SMILES string of the molecule is O=c1c2ccccc2nc(C=Cc2c(O)ccc3ccccc23)n1-c1ccc(O)cc1. The minimum Gasteiger partial charge on any atom is -0.508 e. The van der Waals surface area contributed by atoms with E-state index in [1.165, 1.54) is 16.7 Å². The highest BCUT2D eigenvalue weighted by Crippen LogP contribution is 2.29. The Labute approximate surface area is 177 Å². The number of aromatic nitrogens is 2. The van der Waals surface area contributed by atoms with Crippen molar-refractivity contribution in [3.05, 3.63) is 107 Å². The Kier molecular flexibility index (Phi) is 4.49. The molecule has 5 nitrogen and oxygen atoms in total. The third kappa shape index (κ3) is 3.32. The maximum atomic E-state index is 13.3. The lowest BCUT2D eigenvalue weighted by atomic mass is 10.0. The van der Waals surface area contributed by atoms with E-state index in [0.29, 0.717) is 28.0 Å². The Morgan fingerprint density at radius 3 is 2.26 bits per heavy atom. The zero-order chi connectivity index (χ0) is 21.4. The molecule has 5 rings (SSSR count). The van der Waals surface area contributed by atoms with E-state index in [9.17, 15) is 15.0 Å². The fourth-order valence-corrected chi connectivity index (χ4v) is 3.73. The van der Waals surface area contributed by atoms with Gasteiger partial charge in [-0.05, 0) is 65.4 Å². The molecule has 0 atom stereocenters. The zero-order valence-electron chi connectivity index (χ0n) is 16.4. The standard InChI is InChI=1S/C26H18N2O3/c29-19-12-10-18(11-13-19)28-25(27-23-8-4-3-7-22(23)26(28)31)16-14-21-20-6-2-1-5-17(20)9-15-24(21)30/h1-16,29-30H. The summed E-state index contributed by atoms with van der Waals surface area (Å²) in [6.07, 6.45) is 3.49. The van der Waals surface area contributed by atoms with Crippen molar-refractivity contribution in [3.63, 3.8) is 0 Å². The van der Waals surface area contributed by atoms with Gasteiger partial charge in [0.1, 0.15) is 17.3 Å². The third-order valence-electron chi connectivity index (χ3n) is 5.26. The fraction of sp³-hybridized carbons (Fsp3) is 0. The number of para-hydroxylation sites is 1. The van der Waals surface area contributed by atoms with Gasteiger partial charge in [-0.15, -0.1) is 0 Å². The van der Waals surface area contributed by atoms with Crippen LogP contribution in [0.15, 0.2) is 89.7 Å². The smallest absolute Gasteiger partial charge is 0.266 e. The number of rotatable bonds is 3. The summed E-state index contributed by atoms with van der Waals surface area (Å²) < 4.78 is 1.50. The summed E-state index contributed by atoms with van der Waals surface area (Å²) in [7, 11) is 0. The van der Waals surface area contributed by atoms with Crippen LogP contribution >= 0.6 is 0 Å².